The van der Waals surface area contributed by atoms with Crippen LogP contribution in [0.15, 0.2) is 18.3 Å². The van der Waals surface area contributed by atoms with Crippen LogP contribution in [0.1, 0.15) is 6.92 Å². The maximum Gasteiger partial charge on any atom is 0.128 e. The molecule has 1 fully saturated rings. The van der Waals surface area contributed by atoms with Crippen LogP contribution in [-0.4, -0.2) is 51.5 Å². The van der Waals surface area contributed by atoms with Crippen LogP contribution in [0.4, 0.5) is 11.5 Å². The smallest absolute Gasteiger partial charge is 0.128 e. The van der Waals surface area contributed by atoms with Gasteiger partial charge in [0.2, 0.25) is 0 Å². The quantitative estimate of drug-likeness (QED) is 0.847. The molecule has 1 aromatic heterocycles. The number of rotatable bonds is 6. The molecule has 0 spiro atoms. The second-order valence-electron chi connectivity index (χ2n) is 4.95. The number of nitrogens with zero attached hydrogens (tertiary/aromatic N) is 2. The standard InChI is InChI=1S/C14H23N3O2/c1-12(11-18-2)9-15-13-3-4-14(16-10-13)17-5-7-19-8-6-17/h3-4,10,12,15H,5-9,11H2,1-2H3. The Kier molecular flexibility index (Phi) is 5.42. The predicted molar refractivity (Wildman–Crippen MR) is 76.8 cm³/mol. The molecule has 0 saturated carbocycles. The lowest BCUT2D eigenvalue weighted by Crippen LogP contribution is -2.36. The Morgan fingerprint density at radius 2 is 2.21 bits per heavy atom. The molecule has 1 aliphatic rings. The summed E-state index contributed by atoms with van der Waals surface area (Å²) in [5.74, 6) is 1.52. The zero-order valence-electron chi connectivity index (χ0n) is 11.8. The Bertz CT molecular complexity index is 363. The van der Waals surface area contributed by atoms with Crippen LogP contribution in [-0.2, 0) is 9.47 Å². The van der Waals surface area contributed by atoms with Gasteiger partial charge in [0.15, 0.2) is 0 Å². The average Bonchev–Trinajstić information content (AvgIpc) is 2.47. The van der Waals surface area contributed by atoms with Gasteiger partial charge in [-0.05, 0) is 18.1 Å². The Morgan fingerprint density at radius 3 is 2.84 bits per heavy atom. The molecular weight excluding hydrogens is 242 g/mol. The first-order valence-corrected chi connectivity index (χ1v) is 6.81. The number of hydrogen-bond donors (Lipinski definition) is 1. The molecule has 1 aromatic rings. The minimum Gasteiger partial charge on any atom is -0.384 e. The van der Waals surface area contributed by atoms with E-state index in [0.717, 1.165) is 51.0 Å². The number of anilines is 2. The lowest BCUT2D eigenvalue weighted by Gasteiger charge is -2.27. The number of morpholine rings is 1. The molecule has 0 aromatic carbocycles. The molecule has 1 saturated heterocycles. The van der Waals surface area contributed by atoms with Crippen molar-refractivity contribution in [3.63, 3.8) is 0 Å². The molecule has 0 radical (unpaired) electrons. The van der Waals surface area contributed by atoms with Gasteiger partial charge in [0.1, 0.15) is 5.82 Å². The Hall–Kier alpha value is -1.33. The highest BCUT2D eigenvalue weighted by atomic mass is 16.5. The second-order valence-corrected chi connectivity index (χ2v) is 4.95. The minimum absolute atomic E-state index is 0.490. The van der Waals surface area contributed by atoms with E-state index < -0.39 is 0 Å². The maximum absolute atomic E-state index is 5.34. The lowest BCUT2D eigenvalue weighted by molar-refractivity contribution is 0.122. The summed E-state index contributed by atoms with van der Waals surface area (Å²) < 4.78 is 10.5. The Labute approximate surface area is 114 Å². The molecule has 19 heavy (non-hydrogen) atoms. The molecular formula is C14H23N3O2. The van der Waals surface area contributed by atoms with Gasteiger partial charge in [0.05, 0.1) is 31.7 Å². The molecule has 0 bridgehead atoms. The van der Waals surface area contributed by atoms with E-state index in [0.29, 0.717) is 5.92 Å². The highest BCUT2D eigenvalue weighted by molar-refractivity contribution is 5.48. The number of aromatic nitrogens is 1. The zero-order chi connectivity index (χ0) is 13.5. The fourth-order valence-corrected chi connectivity index (χ4v) is 2.11. The van der Waals surface area contributed by atoms with E-state index >= 15 is 0 Å². The first kappa shape index (κ1) is 14.1. The first-order valence-electron chi connectivity index (χ1n) is 6.81. The van der Waals surface area contributed by atoms with Gasteiger partial charge >= 0.3 is 0 Å². The van der Waals surface area contributed by atoms with Gasteiger partial charge < -0.3 is 19.7 Å². The molecule has 2 heterocycles. The molecule has 2 rings (SSSR count). The topological polar surface area (TPSA) is 46.6 Å². The molecule has 1 unspecified atom stereocenters. The van der Waals surface area contributed by atoms with Gasteiger partial charge in [-0.15, -0.1) is 0 Å². The van der Waals surface area contributed by atoms with Crippen molar-refractivity contribution in [1.29, 1.82) is 0 Å². The third kappa shape index (κ3) is 4.36. The van der Waals surface area contributed by atoms with Crippen molar-refractivity contribution in [2.24, 2.45) is 5.92 Å². The van der Waals surface area contributed by atoms with Crippen molar-refractivity contribution < 1.29 is 9.47 Å². The predicted octanol–water partition coefficient (Wildman–Crippen LogP) is 1.61. The number of methoxy groups -OCH3 is 1. The van der Waals surface area contributed by atoms with Crippen molar-refractivity contribution >= 4 is 11.5 Å². The van der Waals surface area contributed by atoms with E-state index in [9.17, 15) is 0 Å². The van der Waals surface area contributed by atoms with Gasteiger partial charge in [-0.25, -0.2) is 4.98 Å². The highest BCUT2D eigenvalue weighted by Crippen LogP contribution is 2.15. The summed E-state index contributed by atoms with van der Waals surface area (Å²) in [6.45, 7) is 7.24. The van der Waals surface area contributed by atoms with Crippen molar-refractivity contribution in [2.75, 3.05) is 56.8 Å². The number of ether oxygens (including phenoxy) is 2. The molecule has 0 aliphatic carbocycles. The summed E-state index contributed by atoms with van der Waals surface area (Å²) in [6, 6.07) is 4.14. The molecule has 1 atom stereocenters. The van der Waals surface area contributed by atoms with Crippen LogP contribution in [0, 0.1) is 5.92 Å². The SMILES string of the molecule is COCC(C)CNc1ccc(N2CCOCC2)nc1. The van der Waals surface area contributed by atoms with Crippen LogP contribution >= 0.6 is 0 Å². The maximum atomic E-state index is 5.34. The third-order valence-electron chi connectivity index (χ3n) is 3.19. The summed E-state index contributed by atoms with van der Waals surface area (Å²) >= 11 is 0. The second kappa shape index (κ2) is 7.31. The van der Waals surface area contributed by atoms with Gasteiger partial charge in [-0.3, -0.25) is 0 Å². The molecule has 1 aliphatic heterocycles. The Morgan fingerprint density at radius 1 is 1.42 bits per heavy atom. The summed E-state index contributed by atoms with van der Waals surface area (Å²) in [4.78, 5) is 6.75. The van der Waals surface area contributed by atoms with E-state index in [2.05, 4.69) is 34.3 Å². The summed E-state index contributed by atoms with van der Waals surface area (Å²) in [7, 11) is 1.73. The fourth-order valence-electron chi connectivity index (χ4n) is 2.11. The van der Waals surface area contributed by atoms with E-state index in [1.807, 2.05) is 6.20 Å². The van der Waals surface area contributed by atoms with Crippen molar-refractivity contribution in [1.82, 2.24) is 4.98 Å². The Balaban J connectivity index is 1.83. The monoisotopic (exact) mass is 265 g/mol. The van der Waals surface area contributed by atoms with Crippen LogP contribution < -0.4 is 10.2 Å². The van der Waals surface area contributed by atoms with Crippen LogP contribution in [0.3, 0.4) is 0 Å². The molecule has 106 valence electrons. The molecule has 0 amide bonds. The van der Waals surface area contributed by atoms with E-state index in [1.165, 1.54) is 0 Å². The average molecular weight is 265 g/mol. The normalized spacial score (nSPS) is 17.3. The third-order valence-corrected chi connectivity index (χ3v) is 3.19. The van der Waals surface area contributed by atoms with Crippen molar-refractivity contribution in [3.05, 3.63) is 18.3 Å². The van der Waals surface area contributed by atoms with Crippen LogP contribution in [0.25, 0.3) is 0 Å². The summed E-state index contributed by atoms with van der Waals surface area (Å²) in [5.41, 5.74) is 1.06. The van der Waals surface area contributed by atoms with Crippen molar-refractivity contribution in [3.8, 4) is 0 Å². The first-order chi connectivity index (χ1) is 9.29. The van der Waals surface area contributed by atoms with E-state index in [1.54, 1.807) is 7.11 Å². The largest absolute Gasteiger partial charge is 0.384 e. The molecule has 5 nitrogen and oxygen atoms in total. The zero-order valence-corrected chi connectivity index (χ0v) is 11.8. The van der Waals surface area contributed by atoms with Gasteiger partial charge in [-0.2, -0.15) is 0 Å². The van der Waals surface area contributed by atoms with Crippen LogP contribution in [0.5, 0.6) is 0 Å². The van der Waals surface area contributed by atoms with E-state index in [4.69, 9.17) is 9.47 Å². The number of nitrogens with one attached hydrogen (secondary N) is 1. The highest BCUT2D eigenvalue weighted by Gasteiger charge is 2.11. The molecule has 1 N–H and O–H groups in total. The van der Waals surface area contributed by atoms with Crippen molar-refractivity contribution in [2.45, 2.75) is 6.92 Å². The van der Waals surface area contributed by atoms with Gasteiger partial charge in [0.25, 0.3) is 0 Å². The lowest BCUT2D eigenvalue weighted by atomic mass is 10.2. The van der Waals surface area contributed by atoms with Gasteiger partial charge in [0, 0.05) is 26.7 Å². The fraction of sp³-hybridized carbons (Fsp3) is 0.643. The van der Waals surface area contributed by atoms with Gasteiger partial charge in [-0.1, -0.05) is 6.92 Å². The summed E-state index contributed by atoms with van der Waals surface area (Å²) in [6.07, 6.45) is 1.89. The number of hydrogen-bond acceptors (Lipinski definition) is 5. The summed E-state index contributed by atoms with van der Waals surface area (Å²) in [5, 5.41) is 3.37. The van der Waals surface area contributed by atoms with Crippen LogP contribution in [0.2, 0.25) is 0 Å². The minimum atomic E-state index is 0.490. The van der Waals surface area contributed by atoms with E-state index in [-0.39, 0.29) is 0 Å². The number of pyridine rings is 1. The molecule has 5 heteroatoms.